The Hall–Kier alpha value is -2.68. The number of aromatic nitrogens is 3. The summed E-state index contributed by atoms with van der Waals surface area (Å²) in [5, 5.41) is 17.3. The molecular weight excluding hydrogens is 336 g/mol. The predicted molar refractivity (Wildman–Crippen MR) is 94.3 cm³/mol. The van der Waals surface area contributed by atoms with Gasteiger partial charge >= 0.3 is 0 Å². The van der Waals surface area contributed by atoms with E-state index in [0.29, 0.717) is 25.1 Å². The van der Waals surface area contributed by atoms with E-state index in [9.17, 15) is 9.59 Å². The second-order valence-electron chi connectivity index (χ2n) is 6.71. The Balaban J connectivity index is 1.68. The van der Waals surface area contributed by atoms with Crippen LogP contribution in [0.5, 0.6) is 0 Å². The number of anilines is 1. The number of carbonyl (C=O) groups is 2. The highest BCUT2D eigenvalue weighted by atomic mass is 16.5. The van der Waals surface area contributed by atoms with Crippen LogP contribution in [-0.4, -0.2) is 32.8 Å². The zero-order valence-electron chi connectivity index (χ0n) is 15.4. The Labute approximate surface area is 151 Å². The van der Waals surface area contributed by atoms with Crippen LogP contribution in [0.4, 0.5) is 5.82 Å². The van der Waals surface area contributed by atoms with E-state index in [-0.39, 0.29) is 17.9 Å². The average molecular weight is 360 g/mol. The van der Waals surface area contributed by atoms with Gasteiger partial charge in [0, 0.05) is 30.5 Å². The molecule has 0 spiro atoms. The summed E-state index contributed by atoms with van der Waals surface area (Å²) >= 11 is 0. The van der Waals surface area contributed by atoms with Crippen LogP contribution in [-0.2, 0) is 16.0 Å². The van der Waals surface area contributed by atoms with Gasteiger partial charge in [-0.1, -0.05) is 5.16 Å². The molecule has 3 heterocycles. The van der Waals surface area contributed by atoms with E-state index in [1.807, 2.05) is 27.7 Å². The Morgan fingerprint density at radius 1 is 1.42 bits per heavy atom. The smallest absolute Gasteiger partial charge is 0.225 e. The van der Waals surface area contributed by atoms with Crippen LogP contribution in [0.2, 0.25) is 0 Å². The van der Waals surface area contributed by atoms with Crippen molar-refractivity contribution in [2.45, 2.75) is 59.3 Å². The van der Waals surface area contributed by atoms with Crippen molar-refractivity contribution in [3.8, 4) is 0 Å². The van der Waals surface area contributed by atoms with Crippen LogP contribution in [0.3, 0.4) is 0 Å². The van der Waals surface area contributed by atoms with E-state index in [0.717, 1.165) is 22.7 Å². The van der Waals surface area contributed by atoms with Gasteiger partial charge < -0.3 is 15.2 Å². The predicted octanol–water partition coefficient (Wildman–Crippen LogP) is 1.32. The van der Waals surface area contributed by atoms with Crippen molar-refractivity contribution >= 4 is 17.6 Å². The molecule has 2 aromatic heterocycles. The molecule has 0 aliphatic carbocycles. The fourth-order valence-corrected chi connectivity index (χ4v) is 3.10. The molecule has 140 valence electrons. The standard InChI is InChI=1S/C17H24N6O3/c1-9-8-16(25)20-17(18-9)23-14(7-10(2)21-23)19-15(24)6-5-13-11(3)22-26-12(13)4/h7,9,17-18H,5-6,8H2,1-4H3,(H,19,24)(H,20,25). The van der Waals surface area contributed by atoms with Gasteiger partial charge in [-0.25, -0.2) is 4.68 Å². The maximum atomic E-state index is 12.4. The first kappa shape index (κ1) is 18.1. The van der Waals surface area contributed by atoms with Crippen molar-refractivity contribution in [3.63, 3.8) is 0 Å². The molecule has 3 rings (SSSR count). The van der Waals surface area contributed by atoms with Crippen LogP contribution in [0.15, 0.2) is 10.6 Å². The van der Waals surface area contributed by atoms with Crippen LogP contribution in [0.25, 0.3) is 0 Å². The van der Waals surface area contributed by atoms with Crippen molar-refractivity contribution in [3.05, 3.63) is 28.8 Å². The van der Waals surface area contributed by atoms with E-state index in [1.54, 1.807) is 10.7 Å². The molecule has 2 amide bonds. The maximum absolute atomic E-state index is 12.4. The summed E-state index contributed by atoms with van der Waals surface area (Å²) in [5.41, 5.74) is 2.51. The monoisotopic (exact) mass is 360 g/mol. The molecule has 9 nitrogen and oxygen atoms in total. The Kier molecular flexibility index (Phi) is 5.08. The zero-order chi connectivity index (χ0) is 18.8. The highest BCUT2D eigenvalue weighted by molar-refractivity contribution is 5.90. The van der Waals surface area contributed by atoms with Gasteiger partial charge in [0.05, 0.1) is 11.4 Å². The molecule has 1 fully saturated rings. The topological polar surface area (TPSA) is 114 Å². The lowest BCUT2D eigenvalue weighted by Gasteiger charge is -2.30. The summed E-state index contributed by atoms with van der Waals surface area (Å²) in [6.07, 6.45) is 0.775. The van der Waals surface area contributed by atoms with Gasteiger partial charge in [-0.2, -0.15) is 5.10 Å². The van der Waals surface area contributed by atoms with Gasteiger partial charge in [-0.05, 0) is 34.1 Å². The number of nitrogens with one attached hydrogen (secondary N) is 3. The van der Waals surface area contributed by atoms with Gasteiger partial charge in [0.2, 0.25) is 11.8 Å². The minimum Gasteiger partial charge on any atom is -0.361 e. The average Bonchev–Trinajstić information content (AvgIpc) is 3.07. The molecule has 2 aromatic rings. The van der Waals surface area contributed by atoms with Crippen LogP contribution in [0.1, 0.15) is 48.8 Å². The summed E-state index contributed by atoms with van der Waals surface area (Å²) in [6.45, 7) is 7.47. The zero-order valence-corrected chi connectivity index (χ0v) is 15.4. The molecular formula is C17H24N6O3. The third-order valence-electron chi connectivity index (χ3n) is 4.38. The summed E-state index contributed by atoms with van der Waals surface area (Å²) in [6, 6.07) is 1.81. The van der Waals surface area contributed by atoms with E-state index >= 15 is 0 Å². The molecule has 0 saturated carbocycles. The van der Waals surface area contributed by atoms with Crippen LogP contribution >= 0.6 is 0 Å². The number of carbonyl (C=O) groups excluding carboxylic acids is 2. The lowest BCUT2D eigenvalue weighted by molar-refractivity contribution is -0.125. The van der Waals surface area contributed by atoms with Gasteiger partial charge in [0.15, 0.2) is 6.29 Å². The largest absolute Gasteiger partial charge is 0.361 e. The fraction of sp³-hybridized carbons (Fsp3) is 0.529. The second-order valence-corrected chi connectivity index (χ2v) is 6.71. The maximum Gasteiger partial charge on any atom is 0.225 e. The molecule has 0 radical (unpaired) electrons. The minimum absolute atomic E-state index is 0.0290. The van der Waals surface area contributed by atoms with Gasteiger partial charge in [-0.3, -0.25) is 14.9 Å². The third kappa shape index (κ3) is 3.93. The normalized spacial score (nSPS) is 20.1. The first-order valence-electron chi connectivity index (χ1n) is 8.66. The second kappa shape index (κ2) is 7.28. The number of aryl methyl sites for hydroxylation is 3. The van der Waals surface area contributed by atoms with Crippen LogP contribution < -0.4 is 16.0 Å². The first-order valence-corrected chi connectivity index (χ1v) is 8.66. The molecule has 1 aliphatic rings. The van der Waals surface area contributed by atoms with E-state index in [4.69, 9.17) is 4.52 Å². The number of rotatable bonds is 5. The molecule has 0 aromatic carbocycles. The van der Waals surface area contributed by atoms with Gasteiger partial charge in [-0.15, -0.1) is 0 Å². The lowest BCUT2D eigenvalue weighted by Crippen LogP contribution is -2.52. The van der Waals surface area contributed by atoms with Crippen LogP contribution in [0, 0.1) is 20.8 Å². The van der Waals surface area contributed by atoms with E-state index in [2.05, 4.69) is 26.2 Å². The number of nitrogens with zero attached hydrogens (tertiary/aromatic N) is 3. The number of hydrogen-bond acceptors (Lipinski definition) is 6. The fourth-order valence-electron chi connectivity index (χ4n) is 3.10. The van der Waals surface area contributed by atoms with Crippen molar-refractivity contribution in [2.24, 2.45) is 0 Å². The van der Waals surface area contributed by atoms with Gasteiger partial charge in [0.1, 0.15) is 11.6 Å². The molecule has 1 saturated heterocycles. The third-order valence-corrected chi connectivity index (χ3v) is 4.38. The quantitative estimate of drug-likeness (QED) is 0.741. The summed E-state index contributed by atoms with van der Waals surface area (Å²) in [5.74, 6) is 1.09. The molecule has 9 heteroatoms. The van der Waals surface area contributed by atoms with Crippen molar-refractivity contribution in [2.75, 3.05) is 5.32 Å². The Morgan fingerprint density at radius 3 is 2.85 bits per heavy atom. The SMILES string of the molecule is Cc1cc(NC(=O)CCc2c(C)noc2C)n(C2NC(=O)CC(C)N2)n1. The Morgan fingerprint density at radius 2 is 2.19 bits per heavy atom. The summed E-state index contributed by atoms with van der Waals surface area (Å²) in [7, 11) is 0. The Bertz CT molecular complexity index is 805. The number of amides is 2. The highest BCUT2D eigenvalue weighted by Crippen LogP contribution is 2.18. The molecule has 3 N–H and O–H groups in total. The van der Waals surface area contributed by atoms with Crippen molar-refractivity contribution < 1.29 is 14.1 Å². The minimum atomic E-state index is -0.488. The van der Waals surface area contributed by atoms with Gasteiger partial charge in [0.25, 0.3) is 0 Å². The van der Waals surface area contributed by atoms with Crippen molar-refractivity contribution in [1.82, 2.24) is 25.6 Å². The molecule has 0 bridgehead atoms. The van der Waals surface area contributed by atoms with E-state index in [1.165, 1.54) is 0 Å². The lowest BCUT2D eigenvalue weighted by atomic mass is 10.1. The molecule has 26 heavy (non-hydrogen) atoms. The summed E-state index contributed by atoms with van der Waals surface area (Å²) in [4.78, 5) is 24.2. The van der Waals surface area contributed by atoms with E-state index < -0.39 is 6.29 Å². The highest BCUT2D eigenvalue weighted by Gasteiger charge is 2.26. The summed E-state index contributed by atoms with van der Waals surface area (Å²) < 4.78 is 6.72. The number of hydrogen-bond donors (Lipinski definition) is 3. The molecule has 2 atom stereocenters. The molecule has 1 aliphatic heterocycles. The molecule has 2 unspecified atom stereocenters. The first-order chi connectivity index (χ1) is 12.3. The van der Waals surface area contributed by atoms with Crippen molar-refractivity contribution in [1.29, 1.82) is 0 Å².